The number of aromatic nitrogens is 1. The van der Waals surface area contributed by atoms with Crippen LogP contribution in [-0.4, -0.2) is 25.0 Å². The monoisotopic (exact) mass is 665 g/mol. The van der Waals surface area contributed by atoms with Crippen LogP contribution in [0.15, 0.2) is 109 Å². The van der Waals surface area contributed by atoms with Gasteiger partial charge in [0.05, 0.1) is 9.84 Å². The van der Waals surface area contributed by atoms with Gasteiger partial charge in [0.2, 0.25) is 0 Å². The van der Waals surface area contributed by atoms with E-state index in [0.717, 1.165) is 12.1 Å². The molecule has 0 bridgehead atoms. The van der Waals surface area contributed by atoms with Gasteiger partial charge in [0.25, 0.3) is 0 Å². The Balaban J connectivity index is 0.000000265. The van der Waals surface area contributed by atoms with Gasteiger partial charge in [-0.15, -0.1) is 35.4 Å². The molecule has 4 rings (SSSR count). The third-order valence-corrected chi connectivity index (χ3v) is 5.62. The molecule has 0 aliphatic heterocycles. The van der Waals surface area contributed by atoms with Gasteiger partial charge in [-0.05, 0) is 18.6 Å². The molecule has 0 saturated carbocycles. The van der Waals surface area contributed by atoms with Crippen LogP contribution in [0.1, 0.15) is 32.0 Å². The maximum atomic E-state index is 11.8. The first-order valence-electron chi connectivity index (χ1n) is 10.4. The van der Waals surface area contributed by atoms with Crippen molar-refractivity contribution in [3.63, 3.8) is 0 Å². The fourth-order valence-corrected chi connectivity index (χ4v) is 3.85. The van der Waals surface area contributed by atoms with Crippen LogP contribution in [0.4, 0.5) is 0 Å². The van der Waals surface area contributed by atoms with E-state index < -0.39 is 21.4 Å². The Bertz CT molecular complexity index is 1200. The Hall–Kier alpha value is -3.42. The molecule has 5 nitrogen and oxygen atoms in total. The Morgan fingerprint density at radius 3 is 1.69 bits per heavy atom. The molecule has 0 aliphatic rings. The molecule has 0 fully saturated rings. The molecular formula is C28H22AuNO4S. The molecule has 0 spiro atoms. The number of ketones is 2. The number of carbonyl (C=O) groups excluding carboxylic acids is 2. The summed E-state index contributed by atoms with van der Waals surface area (Å²) < 4.78 is 23.7. The first-order chi connectivity index (χ1) is 16.4. The summed E-state index contributed by atoms with van der Waals surface area (Å²) in [4.78, 5) is 27.9. The Labute approximate surface area is 221 Å². The summed E-state index contributed by atoms with van der Waals surface area (Å²) in [6.07, 6.45) is 2.68. The third-order valence-electron chi connectivity index (χ3n) is 4.53. The van der Waals surface area contributed by atoms with E-state index in [1.54, 1.807) is 36.4 Å². The van der Waals surface area contributed by atoms with Crippen LogP contribution in [0, 0.1) is 17.6 Å². The zero-order valence-electron chi connectivity index (χ0n) is 18.5. The van der Waals surface area contributed by atoms with E-state index in [9.17, 15) is 18.0 Å². The Morgan fingerprint density at radius 2 is 1.23 bits per heavy atom. The van der Waals surface area contributed by atoms with E-state index in [1.807, 2.05) is 42.6 Å². The van der Waals surface area contributed by atoms with Gasteiger partial charge in [-0.2, -0.15) is 35.9 Å². The number of carbonyl (C=O) groups is 2. The molecular weight excluding hydrogens is 643 g/mol. The van der Waals surface area contributed by atoms with Crippen LogP contribution in [0.5, 0.6) is 0 Å². The molecule has 4 aromatic rings. The SMILES string of the molecule is O=C([CH-]S(=O)(=O)[CH-]C(=O)c1ccccc1)c1ccccc1.[Au+3].[c-]1ccccc1Cc1ccccn1. The molecule has 3 aromatic carbocycles. The molecule has 180 valence electrons. The van der Waals surface area contributed by atoms with Crippen LogP contribution in [0.2, 0.25) is 0 Å². The Morgan fingerprint density at radius 1 is 0.714 bits per heavy atom. The maximum Gasteiger partial charge on any atom is 3.00 e. The minimum atomic E-state index is -4.03. The van der Waals surface area contributed by atoms with Gasteiger partial charge < -0.3 is 9.59 Å². The standard InChI is InChI=1S/C16H12O4S.C12H10N.Au/c17-15(13-7-3-1-4-8-13)11-21(19,20)12-16(18)14-9-5-2-6-10-14;1-2-6-11(7-3-1)10-12-8-4-5-9-13-12;/h1-12H;1-6,8-9H,10H2;/q-2;-1;+3. The average Bonchev–Trinajstić information content (AvgIpc) is 2.86. The molecule has 0 unspecified atom stereocenters. The largest absolute Gasteiger partial charge is 3.00 e. The van der Waals surface area contributed by atoms with Crippen molar-refractivity contribution in [3.05, 3.63) is 149 Å². The fraction of sp³-hybridized carbons (Fsp3) is 0.0357. The molecule has 0 atom stereocenters. The van der Waals surface area contributed by atoms with Crippen molar-refractivity contribution in [2.24, 2.45) is 0 Å². The second-order valence-electron chi connectivity index (χ2n) is 7.17. The van der Waals surface area contributed by atoms with Crippen LogP contribution in [0.25, 0.3) is 0 Å². The van der Waals surface area contributed by atoms with Gasteiger partial charge in [-0.3, -0.25) is 13.4 Å². The summed E-state index contributed by atoms with van der Waals surface area (Å²) in [5.41, 5.74) is 2.77. The van der Waals surface area contributed by atoms with Crippen molar-refractivity contribution in [3.8, 4) is 0 Å². The van der Waals surface area contributed by atoms with Gasteiger partial charge in [-0.1, -0.05) is 54.0 Å². The zero-order chi connectivity index (χ0) is 24.2. The van der Waals surface area contributed by atoms with Crippen molar-refractivity contribution in [1.29, 1.82) is 0 Å². The van der Waals surface area contributed by atoms with E-state index in [2.05, 4.69) is 17.1 Å². The molecule has 1 aromatic heterocycles. The number of hydrogen-bond acceptors (Lipinski definition) is 5. The molecule has 7 heteroatoms. The summed E-state index contributed by atoms with van der Waals surface area (Å²) in [5, 5.41) is 0. The first-order valence-corrected chi connectivity index (χ1v) is 12.0. The van der Waals surface area contributed by atoms with Gasteiger partial charge in [-0.25, -0.2) is 0 Å². The van der Waals surface area contributed by atoms with E-state index >= 15 is 0 Å². The summed E-state index contributed by atoms with van der Waals surface area (Å²) in [6.45, 7) is 0. The maximum absolute atomic E-state index is 11.8. The van der Waals surface area contributed by atoms with Gasteiger partial charge in [0.15, 0.2) is 0 Å². The normalized spacial score (nSPS) is 10.1. The topological polar surface area (TPSA) is 81.2 Å². The van der Waals surface area contributed by atoms with Crippen LogP contribution >= 0.6 is 0 Å². The molecule has 35 heavy (non-hydrogen) atoms. The average molecular weight is 666 g/mol. The zero-order valence-corrected chi connectivity index (χ0v) is 21.5. The van der Waals surface area contributed by atoms with Crippen molar-refractivity contribution >= 4 is 21.4 Å². The predicted molar refractivity (Wildman–Crippen MR) is 131 cm³/mol. The van der Waals surface area contributed by atoms with Gasteiger partial charge in [0.1, 0.15) is 0 Å². The Kier molecular flexibility index (Phi) is 11.2. The second kappa shape index (κ2) is 14.1. The molecule has 0 N–H and O–H groups in total. The first kappa shape index (κ1) is 27.8. The summed E-state index contributed by atoms with van der Waals surface area (Å²) in [5.74, 6) is -0.202. The number of rotatable bonds is 8. The van der Waals surface area contributed by atoms with E-state index in [0.29, 0.717) is 11.5 Å². The van der Waals surface area contributed by atoms with Crippen LogP contribution in [0.3, 0.4) is 0 Å². The van der Waals surface area contributed by atoms with Crippen molar-refractivity contribution < 1.29 is 40.4 Å². The second-order valence-corrected chi connectivity index (χ2v) is 8.82. The summed E-state index contributed by atoms with van der Waals surface area (Å²) in [7, 11) is -4.03. The number of Topliss-reactive ketones (excluding diaryl/α,β-unsaturated/α-hetero) is 2. The van der Waals surface area contributed by atoms with E-state index in [1.165, 1.54) is 29.8 Å². The van der Waals surface area contributed by atoms with E-state index in [-0.39, 0.29) is 33.5 Å². The molecule has 0 amide bonds. The smallest absolute Gasteiger partial charge is 0.331 e. The van der Waals surface area contributed by atoms with Crippen LogP contribution in [-0.2, 0) is 38.6 Å². The number of nitrogens with zero attached hydrogens (tertiary/aromatic N) is 1. The number of sulfone groups is 1. The van der Waals surface area contributed by atoms with Crippen molar-refractivity contribution in [2.45, 2.75) is 6.42 Å². The van der Waals surface area contributed by atoms with Gasteiger partial charge >= 0.3 is 22.4 Å². The fourth-order valence-electron chi connectivity index (χ4n) is 2.91. The van der Waals surface area contributed by atoms with Crippen LogP contribution < -0.4 is 0 Å². The summed E-state index contributed by atoms with van der Waals surface area (Å²) >= 11 is 0. The minimum Gasteiger partial charge on any atom is -0.331 e. The quantitative estimate of drug-likeness (QED) is 0.151. The van der Waals surface area contributed by atoms with Crippen molar-refractivity contribution in [1.82, 2.24) is 4.98 Å². The molecule has 0 aliphatic carbocycles. The number of benzene rings is 3. The third kappa shape index (κ3) is 9.76. The van der Waals surface area contributed by atoms with Crippen molar-refractivity contribution in [2.75, 3.05) is 0 Å². The summed E-state index contributed by atoms with van der Waals surface area (Å²) in [6, 6.07) is 33.1. The molecule has 0 saturated heterocycles. The van der Waals surface area contributed by atoms with E-state index in [4.69, 9.17) is 0 Å². The molecule has 0 radical (unpaired) electrons. The predicted octanol–water partition coefficient (Wildman–Crippen LogP) is 4.96. The number of pyridine rings is 1. The molecule has 1 heterocycles. The minimum absolute atomic E-state index is 0. The van der Waals surface area contributed by atoms with Gasteiger partial charge in [0, 0.05) is 23.5 Å². The number of hydrogen-bond donors (Lipinski definition) is 0.